The van der Waals surface area contributed by atoms with E-state index < -0.39 is 5.97 Å². The number of rotatable bonds is 5. The molecule has 0 amide bonds. The molecule has 116 valence electrons. The highest BCUT2D eigenvalue weighted by Crippen LogP contribution is 2.23. The van der Waals surface area contributed by atoms with Crippen LogP contribution >= 0.6 is 11.3 Å². The lowest BCUT2D eigenvalue weighted by molar-refractivity contribution is -0.131. The first-order valence-electron chi connectivity index (χ1n) is 7.50. The van der Waals surface area contributed by atoms with Crippen molar-refractivity contribution >= 4 is 23.4 Å². The molecule has 1 saturated heterocycles. The van der Waals surface area contributed by atoms with E-state index >= 15 is 0 Å². The Morgan fingerprint density at radius 3 is 3.05 bits per heavy atom. The van der Waals surface area contributed by atoms with Crippen molar-refractivity contribution in [3.05, 3.63) is 28.0 Å². The van der Waals surface area contributed by atoms with Crippen molar-refractivity contribution in [1.82, 2.24) is 9.80 Å². The predicted molar refractivity (Wildman–Crippen MR) is 87.6 cm³/mol. The third kappa shape index (κ3) is 4.66. The van der Waals surface area contributed by atoms with E-state index in [0.717, 1.165) is 38.2 Å². The second-order valence-corrected chi connectivity index (χ2v) is 6.62. The Balaban J connectivity index is 2.09. The maximum absolute atomic E-state index is 10.7. The normalized spacial score (nSPS) is 21.7. The second-order valence-electron chi connectivity index (χ2n) is 5.62. The summed E-state index contributed by atoms with van der Waals surface area (Å²) in [6.45, 7) is 6.55. The fourth-order valence-electron chi connectivity index (χ4n) is 2.86. The standard InChI is InChI=1S/C16H24N2O2S/c1-3-14-11-17(2)8-4-9-18(14)12-15-13(7-10-21-15)5-6-16(19)20/h5-7,10,14H,3-4,8-9,11-12H2,1-2H3,(H,19,20)/b6-5+. The van der Waals surface area contributed by atoms with Gasteiger partial charge in [0.1, 0.15) is 0 Å². The summed E-state index contributed by atoms with van der Waals surface area (Å²) in [5, 5.41) is 10.8. The molecule has 1 aromatic heterocycles. The summed E-state index contributed by atoms with van der Waals surface area (Å²) < 4.78 is 0. The van der Waals surface area contributed by atoms with Crippen LogP contribution in [0.2, 0.25) is 0 Å². The average molecular weight is 308 g/mol. The number of carboxylic acids is 1. The van der Waals surface area contributed by atoms with Gasteiger partial charge in [-0.25, -0.2) is 4.79 Å². The van der Waals surface area contributed by atoms with E-state index in [1.807, 2.05) is 11.4 Å². The van der Waals surface area contributed by atoms with Crippen molar-refractivity contribution in [3.63, 3.8) is 0 Å². The number of aliphatic carboxylic acids is 1. The van der Waals surface area contributed by atoms with Crippen molar-refractivity contribution in [2.75, 3.05) is 26.7 Å². The zero-order chi connectivity index (χ0) is 15.2. The summed E-state index contributed by atoms with van der Waals surface area (Å²) in [7, 11) is 2.19. The lowest BCUT2D eigenvalue weighted by Gasteiger charge is -2.30. The van der Waals surface area contributed by atoms with Crippen LogP contribution in [-0.2, 0) is 11.3 Å². The number of hydrogen-bond donors (Lipinski definition) is 1. The Bertz CT molecular complexity index is 498. The minimum Gasteiger partial charge on any atom is -0.478 e. The molecular weight excluding hydrogens is 284 g/mol. The number of thiophene rings is 1. The molecule has 1 aliphatic rings. The molecule has 21 heavy (non-hydrogen) atoms. The van der Waals surface area contributed by atoms with Crippen molar-refractivity contribution in [2.24, 2.45) is 0 Å². The van der Waals surface area contributed by atoms with Crippen LogP contribution in [0.3, 0.4) is 0 Å². The third-order valence-electron chi connectivity index (χ3n) is 4.03. The van der Waals surface area contributed by atoms with E-state index in [-0.39, 0.29) is 0 Å². The van der Waals surface area contributed by atoms with Gasteiger partial charge in [-0.1, -0.05) is 6.92 Å². The monoisotopic (exact) mass is 308 g/mol. The minimum absolute atomic E-state index is 0.580. The number of carboxylic acid groups (broad SMARTS) is 1. The van der Waals surface area contributed by atoms with Crippen molar-refractivity contribution in [1.29, 1.82) is 0 Å². The topological polar surface area (TPSA) is 43.8 Å². The van der Waals surface area contributed by atoms with E-state index in [2.05, 4.69) is 23.8 Å². The maximum atomic E-state index is 10.7. The highest BCUT2D eigenvalue weighted by molar-refractivity contribution is 7.10. The number of carbonyl (C=O) groups is 1. The lowest BCUT2D eigenvalue weighted by Crippen LogP contribution is -2.39. The zero-order valence-corrected chi connectivity index (χ0v) is 13.6. The molecule has 1 unspecified atom stereocenters. The van der Waals surface area contributed by atoms with Crippen LogP contribution in [0, 0.1) is 0 Å². The molecule has 0 spiro atoms. The van der Waals surface area contributed by atoms with Gasteiger partial charge in [-0.05, 0) is 49.5 Å². The van der Waals surface area contributed by atoms with Gasteiger partial charge in [0, 0.05) is 36.6 Å². The number of nitrogens with zero attached hydrogens (tertiary/aromatic N) is 2. The van der Waals surface area contributed by atoms with Crippen molar-refractivity contribution in [2.45, 2.75) is 32.4 Å². The van der Waals surface area contributed by atoms with Crippen molar-refractivity contribution < 1.29 is 9.90 Å². The Kier molecular flexibility index (Phi) is 5.96. The first kappa shape index (κ1) is 16.2. The molecule has 1 aromatic rings. The van der Waals surface area contributed by atoms with E-state index in [9.17, 15) is 4.79 Å². The Morgan fingerprint density at radius 1 is 1.52 bits per heavy atom. The SMILES string of the molecule is CCC1CN(C)CCCN1Cc1sccc1/C=C/C(=O)O. The van der Waals surface area contributed by atoms with Gasteiger partial charge in [-0.3, -0.25) is 4.90 Å². The molecule has 2 rings (SSSR count). The molecule has 1 aliphatic heterocycles. The molecule has 0 saturated carbocycles. The van der Waals surface area contributed by atoms with Gasteiger partial charge in [0.25, 0.3) is 0 Å². The molecule has 0 radical (unpaired) electrons. The van der Waals surface area contributed by atoms with Gasteiger partial charge in [0.2, 0.25) is 0 Å². The smallest absolute Gasteiger partial charge is 0.328 e. The molecule has 0 aromatic carbocycles. The molecule has 5 heteroatoms. The van der Waals surface area contributed by atoms with Crippen LogP contribution < -0.4 is 0 Å². The molecule has 1 N–H and O–H groups in total. The molecule has 0 aliphatic carbocycles. The van der Waals surface area contributed by atoms with Crippen LogP contribution in [0.4, 0.5) is 0 Å². The van der Waals surface area contributed by atoms with Crippen LogP contribution in [0.1, 0.15) is 30.2 Å². The summed E-state index contributed by atoms with van der Waals surface area (Å²) >= 11 is 1.72. The van der Waals surface area contributed by atoms with Crippen molar-refractivity contribution in [3.8, 4) is 0 Å². The first-order chi connectivity index (χ1) is 10.1. The number of hydrogen-bond acceptors (Lipinski definition) is 4. The lowest BCUT2D eigenvalue weighted by atomic mass is 10.1. The predicted octanol–water partition coefficient (Wildman–Crippen LogP) is 2.76. The van der Waals surface area contributed by atoms with E-state index in [1.54, 1.807) is 17.4 Å². The molecule has 4 nitrogen and oxygen atoms in total. The molecule has 2 heterocycles. The van der Waals surface area contributed by atoms with Crippen LogP contribution in [-0.4, -0.2) is 53.6 Å². The van der Waals surface area contributed by atoms with Crippen LogP contribution in [0.25, 0.3) is 6.08 Å². The highest BCUT2D eigenvalue weighted by atomic mass is 32.1. The molecule has 1 fully saturated rings. The minimum atomic E-state index is -0.894. The van der Waals surface area contributed by atoms with E-state index in [0.29, 0.717) is 6.04 Å². The van der Waals surface area contributed by atoms with Crippen LogP contribution in [0.15, 0.2) is 17.5 Å². The zero-order valence-electron chi connectivity index (χ0n) is 12.8. The second kappa shape index (κ2) is 7.73. The summed E-state index contributed by atoms with van der Waals surface area (Å²) in [4.78, 5) is 16.9. The van der Waals surface area contributed by atoms with Gasteiger partial charge in [0.05, 0.1) is 0 Å². The summed E-state index contributed by atoms with van der Waals surface area (Å²) in [5.74, 6) is -0.894. The first-order valence-corrected chi connectivity index (χ1v) is 8.38. The van der Waals surface area contributed by atoms with Gasteiger partial charge < -0.3 is 10.0 Å². The number of likely N-dealkylation sites (N-methyl/N-ethyl adjacent to an activating group) is 1. The quantitative estimate of drug-likeness (QED) is 0.850. The summed E-state index contributed by atoms with van der Waals surface area (Å²) in [5.41, 5.74) is 1.04. The van der Waals surface area contributed by atoms with E-state index in [4.69, 9.17) is 5.11 Å². The molecule has 1 atom stereocenters. The van der Waals surface area contributed by atoms with Gasteiger partial charge in [0.15, 0.2) is 0 Å². The molecular formula is C16H24N2O2S. The average Bonchev–Trinajstić information content (AvgIpc) is 2.80. The van der Waals surface area contributed by atoms with Gasteiger partial charge in [-0.15, -0.1) is 11.3 Å². The maximum Gasteiger partial charge on any atom is 0.328 e. The van der Waals surface area contributed by atoms with Crippen LogP contribution in [0.5, 0.6) is 0 Å². The Morgan fingerprint density at radius 2 is 2.33 bits per heavy atom. The van der Waals surface area contributed by atoms with E-state index in [1.165, 1.54) is 17.4 Å². The summed E-state index contributed by atoms with van der Waals surface area (Å²) in [6, 6.07) is 2.58. The summed E-state index contributed by atoms with van der Waals surface area (Å²) in [6.07, 6.45) is 5.27. The highest BCUT2D eigenvalue weighted by Gasteiger charge is 2.22. The van der Waals surface area contributed by atoms with Gasteiger partial charge in [-0.2, -0.15) is 0 Å². The Hall–Kier alpha value is -1.17. The molecule has 0 bridgehead atoms. The largest absolute Gasteiger partial charge is 0.478 e. The Labute approximate surface area is 130 Å². The van der Waals surface area contributed by atoms with Gasteiger partial charge >= 0.3 is 5.97 Å². The fourth-order valence-corrected chi connectivity index (χ4v) is 3.75. The third-order valence-corrected chi connectivity index (χ3v) is 4.95. The fraction of sp³-hybridized carbons (Fsp3) is 0.562.